The van der Waals surface area contributed by atoms with Crippen molar-refractivity contribution in [2.75, 3.05) is 0 Å². The van der Waals surface area contributed by atoms with Gasteiger partial charge in [-0.15, -0.1) is 5.10 Å². The van der Waals surface area contributed by atoms with Crippen LogP contribution in [0.4, 0.5) is 0 Å². The fourth-order valence-electron chi connectivity index (χ4n) is 2.18. The van der Waals surface area contributed by atoms with Gasteiger partial charge in [-0.1, -0.05) is 24.3 Å². The first-order valence-corrected chi connectivity index (χ1v) is 5.05. The average Bonchev–Trinajstić information content (AvgIpc) is 2.64. The van der Waals surface area contributed by atoms with Crippen LogP contribution in [0.2, 0.25) is 0 Å². The normalized spacial score (nSPS) is 33.9. The molecule has 0 spiro atoms. The van der Waals surface area contributed by atoms with Gasteiger partial charge in [0.2, 0.25) is 0 Å². The Hall–Kier alpha value is -1.38. The second-order valence-electron chi connectivity index (χ2n) is 4.27. The average molecular weight is 187 g/mol. The monoisotopic (exact) mass is 187 g/mol. The van der Waals surface area contributed by atoms with Crippen LogP contribution in [0.15, 0.2) is 24.4 Å². The third-order valence-corrected chi connectivity index (χ3v) is 3.24. The molecular formula is C11H13N3. The summed E-state index contributed by atoms with van der Waals surface area (Å²) in [6.45, 7) is 4.25. The molecule has 0 aromatic carbocycles. The highest BCUT2D eigenvalue weighted by Crippen LogP contribution is 2.50. The van der Waals surface area contributed by atoms with Crippen LogP contribution < -0.4 is 0 Å². The van der Waals surface area contributed by atoms with Crippen LogP contribution in [-0.4, -0.2) is 15.0 Å². The molecule has 0 N–H and O–H groups in total. The molecule has 14 heavy (non-hydrogen) atoms. The van der Waals surface area contributed by atoms with Gasteiger partial charge in [0.15, 0.2) is 0 Å². The molecule has 1 saturated carbocycles. The van der Waals surface area contributed by atoms with Gasteiger partial charge in [0.1, 0.15) is 0 Å². The largest absolute Gasteiger partial charge is 0.221 e. The molecule has 1 aromatic heterocycles. The molecule has 3 rings (SSSR count). The Morgan fingerprint density at radius 3 is 2.86 bits per heavy atom. The molecule has 72 valence electrons. The van der Waals surface area contributed by atoms with Gasteiger partial charge in [0.05, 0.1) is 17.6 Å². The van der Waals surface area contributed by atoms with E-state index in [1.54, 1.807) is 0 Å². The van der Waals surface area contributed by atoms with Crippen LogP contribution >= 0.6 is 0 Å². The summed E-state index contributed by atoms with van der Waals surface area (Å²) in [6, 6.07) is 0. The van der Waals surface area contributed by atoms with Gasteiger partial charge in [-0.05, 0) is 30.8 Å². The summed E-state index contributed by atoms with van der Waals surface area (Å²) in [6.07, 6.45) is 8.72. The number of hydrogen-bond donors (Lipinski definition) is 0. The van der Waals surface area contributed by atoms with E-state index >= 15 is 0 Å². The van der Waals surface area contributed by atoms with Crippen molar-refractivity contribution in [2.45, 2.75) is 13.8 Å². The molecule has 2 aliphatic rings. The van der Waals surface area contributed by atoms with E-state index in [0.717, 1.165) is 29.1 Å². The highest BCUT2D eigenvalue weighted by molar-refractivity contribution is 5.60. The number of hydrogen-bond acceptors (Lipinski definition) is 2. The lowest BCUT2D eigenvalue weighted by Crippen LogP contribution is -1.98. The van der Waals surface area contributed by atoms with E-state index in [1.165, 1.54) is 0 Å². The van der Waals surface area contributed by atoms with E-state index in [9.17, 15) is 0 Å². The number of nitrogens with zero attached hydrogens (tertiary/aromatic N) is 3. The van der Waals surface area contributed by atoms with Crippen molar-refractivity contribution in [3.8, 4) is 0 Å². The van der Waals surface area contributed by atoms with Gasteiger partial charge in [0, 0.05) is 0 Å². The van der Waals surface area contributed by atoms with E-state index in [2.05, 4.69) is 35.5 Å². The first-order valence-electron chi connectivity index (χ1n) is 5.05. The minimum absolute atomic E-state index is 0.736. The van der Waals surface area contributed by atoms with Crippen LogP contribution in [-0.2, 0) is 0 Å². The first kappa shape index (κ1) is 7.97. The molecule has 3 unspecified atom stereocenters. The standard InChI is InChI=1S/C11H13N3/c1-7-6-14(13-12-7)9-3-4-10-8(2)11(10)5-9/h3-6,8,10-11H,1-2H3. The third-order valence-electron chi connectivity index (χ3n) is 3.24. The van der Waals surface area contributed by atoms with Crippen molar-refractivity contribution in [3.63, 3.8) is 0 Å². The Morgan fingerprint density at radius 2 is 2.21 bits per heavy atom. The molecule has 0 radical (unpaired) electrons. The van der Waals surface area contributed by atoms with E-state index in [4.69, 9.17) is 0 Å². The minimum atomic E-state index is 0.736. The summed E-state index contributed by atoms with van der Waals surface area (Å²) < 4.78 is 1.85. The maximum absolute atomic E-state index is 4.06. The molecule has 0 aliphatic heterocycles. The van der Waals surface area contributed by atoms with E-state index in [-0.39, 0.29) is 0 Å². The lowest BCUT2D eigenvalue weighted by atomic mass is 10.1. The predicted octanol–water partition coefficient (Wildman–Crippen LogP) is 1.88. The fourth-order valence-corrected chi connectivity index (χ4v) is 2.18. The lowest BCUT2D eigenvalue weighted by Gasteiger charge is -2.04. The van der Waals surface area contributed by atoms with Crippen molar-refractivity contribution in [1.82, 2.24) is 15.0 Å². The van der Waals surface area contributed by atoms with Gasteiger partial charge in [0.25, 0.3) is 0 Å². The molecule has 3 nitrogen and oxygen atoms in total. The molecule has 1 fully saturated rings. The smallest absolute Gasteiger partial charge is 0.0800 e. The summed E-state index contributed by atoms with van der Waals surface area (Å²) in [4.78, 5) is 0. The molecule has 3 atom stereocenters. The van der Waals surface area contributed by atoms with Gasteiger partial charge < -0.3 is 0 Å². The summed E-state index contributed by atoms with van der Waals surface area (Å²) in [7, 11) is 0. The summed E-state index contributed by atoms with van der Waals surface area (Å²) in [5, 5.41) is 8.05. The van der Waals surface area contributed by atoms with Gasteiger partial charge in [-0.3, -0.25) is 0 Å². The molecule has 3 heteroatoms. The Labute approximate surface area is 83.1 Å². The van der Waals surface area contributed by atoms with Gasteiger partial charge in [-0.25, -0.2) is 4.68 Å². The zero-order valence-corrected chi connectivity index (χ0v) is 8.38. The van der Waals surface area contributed by atoms with E-state index in [1.807, 2.05) is 17.8 Å². The Kier molecular flexibility index (Phi) is 1.46. The maximum atomic E-state index is 4.06. The summed E-state index contributed by atoms with van der Waals surface area (Å²) in [5.74, 6) is 2.33. The molecule has 1 aromatic rings. The quantitative estimate of drug-likeness (QED) is 0.672. The van der Waals surface area contributed by atoms with Crippen molar-refractivity contribution >= 4 is 5.70 Å². The zero-order chi connectivity index (χ0) is 9.71. The zero-order valence-electron chi connectivity index (χ0n) is 8.38. The van der Waals surface area contributed by atoms with Crippen LogP contribution in [0.3, 0.4) is 0 Å². The maximum Gasteiger partial charge on any atom is 0.0800 e. The predicted molar refractivity (Wildman–Crippen MR) is 54.3 cm³/mol. The van der Waals surface area contributed by atoms with Crippen molar-refractivity contribution in [3.05, 3.63) is 30.1 Å². The second kappa shape index (κ2) is 2.56. The number of fused-ring (bicyclic) bond motifs is 1. The SMILES string of the molecule is Cc1cn(C2=CC3C(C)C3C=C2)nn1. The van der Waals surface area contributed by atoms with E-state index in [0.29, 0.717) is 0 Å². The molecule has 2 aliphatic carbocycles. The topological polar surface area (TPSA) is 30.7 Å². The Morgan fingerprint density at radius 1 is 1.36 bits per heavy atom. The highest BCUT2D eigenvalue weighted by Gasteiger charge is 2.44. The molecule has 0 saturated heterocycles. The molecule has 0 bridgehead atoms. The summed E-state index contributed by atoms with van der Waals surface area (Å²) in [5.41, 5.74) is 2.13. The van der Waals surface area contributed by atoms with Crippen LogP contribution in [0.25, 0.3) is 5.70 Å². The van der Waals surface area contributed by atoms with Crippen LogP contribution in [0, 0.1) is 24.7 Å². The molecule has 1 heterocycles. The fraction of sp³-hybridized carbons (Fsp3) is 0.455. The lowest BCUT2D eigenvalue weighted by molar-refractivity contribution is 0.808. The first-order chi connectivity index (χ1) is 6.75. The molecule has 0 amide bonds. The Balaban J connectivity index is 1.94. The number of aromatic nitrogens is 3. The summed E-state index contributed by atoms with van der Waals surface area (Å²) >= 11 is 0. The Bertz CT molecular complexity index is 427. The van der Waals surface area contributed by atoms with Gasteiger partial charge in [-0.2, -0.15) is 0 Å². The van der Waals surface area contributed by atoms with Crippen molar-refractivity contribution < 1.29 is 0 Å². The van der Waals surface area contributed by atoms with Crippen molar-refractivity contribution in [2.24, 2.45) is 17.8 Å². The number of aryl methyl sites for hydroxylation is 1. The van der Waals surface area contributed by atoms with E-state index < -0.39 is 0 Å². The van der Waals surface area contributed by atoms with Crippen molar-refractivity contribution in [1.29, 1.82) is 0 Å². The van der Waals surface area contributed by atoms with Crippen LogP contribution in [0.5, 0.6) is 0 Å². The highest BCUT2D eigenvalue weighted by atomic mass is 15.4. The second-order valence-corrected chi connectivity index (χ2v) is 4.27. The molecular weight excluding hydrogens is 174 g/mol. The number of rotatable bonds is 1. The third kappa shape index (κ3) is 1.05. The van der Waals surface area contributed by atoms with Crippen LogP contribution in [0.1, 0.15) is 12.6 Å². The van der Waals surface area contributed by atoms with Gasteiger partial charge >= 0.3 is 0 Å². The minimum Gasteiger partial charge on any atom is -0.221 e. The number of allylic oxidation sites excluding steroid dienone is 4.